The predicted octanol–water partition coefficient (Wildman–Crippen LogP) is 0.940. The monoisotopic (exact) mass is 290 g/mol. The lowest BCUT2D eigenvalue weighted by molar-refractivity contribution is 0.149. The van der Waals surface area contributed by atoms with E-state index in [1.165, 1.54) is 32.4 Å². The summed E-state index contributed by atoms with van der Waals surface area (Å²) in [6, 6.07) is 3.55. The molecule has 0 aliphatic heterocycles. The summed E-state index contributed by atoms with van der Waals surface area (Å²) in [6.07, 6.45) is 0. The number of hydrogen-bond acceptors (Lipinski definition) is 4. The lowest BCUT2D eigenvalue weighted by atomic mass is 10.2. The SMILES string of the molecule is COCC(C)N(C)S(=O)(=O)c1cccc(F)c1CN. The molecule has 0 radical (unpaired) electrons. The van der Waals surface area contributed by atoms with Crippen LogP contribution in [0, 0.1) is 5.82 Å². The second-order valence-electron chi connectivity index (χ2n) is 4.25. The summed E-state index contributed by atoms with van der Waals surface area (Å²) in [4.78, 5) is -0.0968. The van der Waals surface area contributed by atoms with Crippen molar-refractivity contribution in [1.82, 2.24) is 4.31 Å². The highest BCUT2D eigenvalue weighted by atomic mass is 32.2. The molecule has 0 saturated heterocycles. The highest BCUT2D eigenvalue weighted by Crippen LogP contribution is 2.22. The highest BCUT2D eigenvalue weighted by Gasteiger charge is 2.28. The number of hydrogen-bond donors (Lipinski definition) is 1. The maximum absolute atomic E-state index is 13.6. The van der Waals surface area contributed by atoms with Gasteiger partial charge in [-0.25, -0.2) is 12.8 Å². The molecule has 19 heavy (non-hydrogen) atoms. The largest absolute Gasteiger partial charge is 0.383 e. The number of rotatable bonds is 6. The molecular formula is C12H19FN2O3S. The van der Waals surface area contributed by atoms with E-state index < -0.39 is 15.8 Å². The Morgan fingerprint density at radius 3 is 2.63 bits per heavy atom. The molecular weight excluding hydrogens is 271 g/mol. The van der Waals surface area contributed by atoms with Gasteiger partial charge in [-0.1, -0.05) is 6.07 Å². The molecule has 1 aromatic carbocycles. The fraction of sp³-hybridized carbons (Fsp3) is 0.500. The molecule has 1 unspecified atom stereocenters. The second kappa shape index (κ2) is 6.42. The number of ether oxygens (including phenoxy) is 1. The van der Waals surface area contributed by atoms with Gasteiger partial charge in [0.05, 0.1) is 11.5 Å². The molecule has 0 heterocycles. The minimum absolute atomic E-state index is 0.000957. The van der Waals surface area contributed by atoms with Crippen LogP contribution < -0.4 is 5.73 Å². The number of benzene rings is 1. The fourth-order valence-electron chi connectivity index (χ4n) is 1.72. The van der Waals surface area contributed by atoms with Crippen LogP contribution in [0.25, 0.3) is 0 Å². The summed E-state index contributed by atoms with van der Waals surface area (Å²) in [7, 11) is -0.867. The van der Waals surface area contributed by atoms with E-state index in [9.17, 15) is 12.8 Å². The zero-order chi connectivity index (χ0) is 14.6. The minimum Gasteiger partial charge on any atom is -0.383 e. The molecule has 5 nitrogen and oxygen atoms in total. The molecule has 1 aromatic rings. The van der Waals surface area contributed by atoms with E-state index in [0.29, 0.717) is 0 Å². The standard InChI is InChI=1S/C12H19FN2O3S/c1-9(8-18-3)15(2)19(16,17)12-6-4-5-11(13)10(12)7-14/h4-6,9H,7-8,14H2,1-3H3. The number of nitrogens with two attached hydrogens (primary N) is 1. The molecule has 108 valence electrons. The van der Waals surface area contributed by atoms with Crippen LogP contribution in [0.2, 0.25) is 0 Å². The molecule has 0 bridgehead atoms. The summed E-state index contributed by atoms with van der Waals surface area (Å²) in [6.45, 7) is 1.79. The summed E-state index contributed by atoms with van der Waals surface area (Å²) in [5, 5.41) is 0. The van der Waals surface area contributed by atoms with E-state index in [-0.39, 0.29) is 29.7 Å². The molecule has 1 rings (SSSR count). The van der Waals surface area contributed by atoms with Crippen LogP contribution >= 0.6 is 0 Å². The van der Waals surface area contributed by atoms with Gasteiger partial charge >= 0.3 is 0 Å². The first-order chi connectivity index (χ1) is 8.86. The number of methoxy groups -OCH3 is 1. The van der Waals surface area contributed by atoms with Gasteiger partial charge in [0, 0.05) is 32.3 Å². The Hall–Kier alpha value is -1.02. The van der Waals surface area contributed by atoms with E-state index in [2.05, 4.69) is 0 Å². The van der Waals surface area contributed by atoms with Gasteiger partial charge in [0.1, 0.15) is 5.82 Å². The Kier molecular flexibility index (Phi) is 5.42. The van der Waals surface area contributed by atoms with E-state index >= 15 is 0 Å². The van der Waals surface area contributed by atoms with Crippen LogP contribution in [-0.2, 0) is 21.3 Å². The van der Waals surface area contributed by atoms with Crippen molar-refractivity contribution in [3.05, 3.63) is 29.6 Å². The molecule has 0 saturated carbocycles. The smallest absolute Gasteiger partial charge is 0.243 e. The van der Waals surface area contributed by atoms with Crippen molar-refractivity contribution in [2.24, 2.45) is 5.73 Å². The molecule has 0 aliphatic carbocycles. The lowest BCUT2D eigenvalue weighted by Gasteiger charge is -2.24. The summed E-state index contributed by atoms with van der Waals surface area (Å²) >= 11 is 0. The molecule has 7 heteroatoms. The zero-order valence-corrected chi connectivity index (χ0v) is 12.1. The quantitative estimate of drug-likeness (QED) is 0.846. The highest BCUT2D eigenvalue weighted by molar-refractivity contribution is 7.89. The Bertz CT molecular complexity index is 534. The van der Waals surface area contributed by atoms with Gasteiger partial charge < -0.3 is 10.5 Å². The Labute approximate surface area is 113 Å². The molecule has 0 spiro atoms. The summed E-state index contributed by atoms with van der Waals surface area (Å²) in [5.41, 5.74) is 5.43. The topological polar surface area (TPSA) is 72.6 Å². The number of halogens is 1. The first-order valence-electron chi connectivity index (χ1n) is 5.80. The predicted molar refractivity (Wildman–Crippen MR) is 70.6 cm³/mol. The van der Waals surface area contributed by atoms with Crippen LogP contribution in [0.15, 0.2) is 23.1 Å². The van der Waals surface area contributed by atoms with Crippen LogP contribution in [-0.4, -0.2) is 39.5 Å². The van der Waals surface area contributed by atoms with Crippen molar-refractivity contribution in [3.63, 3.8) is 0 Å². The van der Waals surface area contributed by atoms with Gasteiger partial charge in [0.25, 0.3) is 0 Å². The van der Waals surface area contributed by atoms with Crippen molar-refractivity contribution in [3.8, 4) is 0 Å². The third kappa shape index (κ3) is 3.30. The van der Waals surface area contributed by atoms with Crippen LogP contribution in [0.4, 0.5) is 4.39 Å². The molecule has 1 atom stereocenters. The van der Waals surface area contributed by atoms with Crippen LogP contribution in [0.1, 0.15) is 12.5 Å². The van der Waals surface area contributed by atoms with Gasteiger partial charge in [-0.05, 0) is 19.1 Å². The fourth-order valence-corrected chi connectivity index (χ4v) is 3.30. The van der Waals surface area contributed by atoms with E-state index in [1.807, 2.05) is 0 Å². The number of nitrogens with zero attached hydrogens (tertiary/aromatic N) is 1. The van der Waals surface area contributed by atoms with Gasteiger partial charge in [0.2, 0.25) is 10.0 Å². The molecule has 0 amide bonds. The Morgan fingerprint density at radius 1 is 1.47 bits per heavy atom. The van der Waals surface area contributed by atoms with Gasteiger partial charge in [-0.3, -0.25) is 0 Å². The van der Waals surface area contributed by atoms with Crippen molar-refractivity contribution >= 4 is 10.0 Å². The van der Waals surface area contributed by atoms with Crippen LogP contribution in [0.5, 0.6) is 0 Å². The van der Waals surface area contributed by atoms with E-state index in [1.54, 1.807) is 6.92 Å². The second-order valence-corrected chi connectivity index (χ2v) is 6.21. The van der Waals surface area contributed by atoms with Crippen molar-refractivity contribution in [1.29, 1.82) is 0 Å². The molecule has 2 N–H and O–H groups in total. The Morgan fingerprint density at radius 2 is 2.11 bits per heavy atom. The third-order valence-electron chi connectivity index (χ3n) is 2.97. The average molecular weight is 290 g/mol. The molecule has 0 fully saturated rings. The van der Waals surface area contributed by atoms with E-state index in [4.69, 9.17) is 10.5 Å². The molecule has 0 aromatic heterocycles. The van der Waals surface area contributed by atoms with Crippen molar-refractivity contribution in [2.75, 3.05) is 20.8 Å². The van der Waals surface area contributed by atoms with Gasteiger partial charge in [-0.2, -0.15) is 4.31 Å². The minimum atomic E-state index is -3.79. The number of sulfonamides is 1. The lowest BCUT2D eigenvalue weighted by Crippen LogP contribution is -2.38. The zero-order valence-electron chi connectivity index (χ0n) is 11.3. The third-order valence-corrected chi connectivity index (χ3v) is 5.02. The van der Waals surface area contributed by atoms with Crippen molar-refractivity contribution in [2.45, 2.75) is 24.4 Å². The van der Waals surface area contributed by atoms with Gasteiger partial charge in [-0.15, -0.1) is 0 Å². The Balaban J connectivity index is 3.24. The number of likely N-dealkylation sites (N-methyl/N-ethyl adjacent to an activating group) is 1. The summed E-state index contributed by atoms with van der Waals surface area (Å²) in [5.74, 6) is -0.614. The van der Waals surface area contributed by atoms with Gasteiger partial charge in [0.15, 0.2) is 0 Å². The normalized spacial score (nSPS) is 13.8. The molecule has 0 aliphatic rings. The summed E-state index contributed by atoms with van der Waals surface area (Å²) < 4.78 is 44.6. The average Bonchev–Trinajstić information content (AvgIpc) is 2.37. The maximum Gasteiger partial charge on any atom is 0.243 e. The van der Waals surface area contributed by atoms with E-state index in [0.717, 1.165) is 4.31 Å². The van der Waals surface area contributed by atoms with Crippen molar-refractivity contribution < 1.29 is 17.5 Å². The maximum atomic E-state index is 13.6. The first-order valence-corrected chi connectivity index (χ1v) is 7.24. The first kappa shape index (κ1) is 16.0. The van der Waals surface area contributed by atoms with Crippen LogP contribution in [0.3, 0.4) is 0 Å².